The van der Waals surface area contributed by atoms with Crippen LogP contribution in [0.4, 0.5) is 5.00 Å². The highest BCUT2D eigenvalue weighted by atomic mass is 32.1. The molecule has 4 aromatic rings. The second-order valence-corrected chi connectivity index (χ2v) is 9.05. The molecule has 0 bridgehead atoms. The van der Waals surface area contributed by atoms with E-state index in [0.717, 1.165) is 22.2 Å². The van der Waals surface area contributed by atoms with E-state index >= 15 is 0 Å². The summed E-state index contributed by atoms with van der Waals surface area (Å²) in [5.41, 5.74) is 2.97. The van der Waals surface area contributed by atoms with Gasteiger partial charge in [0.1, 0.15) is 18.2 Å². The minimum Gasteiger partial charge on any atom is -0.486 e. The summed E-state index contributed by atoms with van der Waals surface area (Å²) in [4.78, 5) is 31.8. The molecule has 1 aliphatic rings. The van der Waals surface area contributed by atoms with Gasteiger partial charge < -0.3 is 19.5 Å². The molecule has 35 heavy (non-hydrogen) atoms. The number of thiophene rings is 1. The summed E-state index contributed by atoms with van der Waals surface area (Å²) in [6, 6.07) is 16.7. The first kappa shape index (κ1) is 22.9. The quantitative estimate of drug-likeness (QED) is 0.349. The minimum absolute atomic E-state index is 0.261. The van der Waals surface area contributed by atoms with Crippen molar-refractivity contribution < 1.29 is 23.8 Å². The van der Waals surface area contributed by atoms with Gasteiger partial charge in [-0.05, 0) is 49.7 Å². The number of para-hydroxylation sites is 1. The van der Waals surface area contributed by atoms with Gasteiger partial charge in [0.2, 0.25) is 0 Å². The molecule has 0 fully saturated rings. The number of benzene rings is 2. The van der Waals surface area contributed by atoms with Crippen molar-refractivity contribution in [2.24, 2.45) is 0 Å². The highest BCUT2D eigenvalue weighted by molar-refractivity contribution is 7.16. The Morgan fingerprint density at radius 3 is 2.60 bits per heavy atom. The molecule has 2 aromatic heterocycles. The zero-order chi connectivity index (χ0) is 24.4. The molecule has 1 aliphatic heterocycles. The second kappa shape index (κ2) is 9.76. The number of hydrogen-bond acceptors (Lipinski definition) is 7. The van der Waals surface area contributed by atoms with E-state index in [4.69, 9.17) is 19.2 Å². The van der Waals surface area contributed by atoms with Crippen molar-refractivity contribution in [2.75, 3.05) is 25.1 Å². The molecular formula is C27H24N2O5S. The molecule has 0 saturated heterocycles. The molecule has 0 spiro atoms. The molecule has 2 aromatic carbocycles. The number of carbonyl (C=O) groups is 2. The molecule has 0 atom stereocenters. The van der Waals surface area contributed by atoms with Gasteiger partial charge in [0.05, 0.1) is 28.9 Å². The molecule has 5 rings (SSSR count). The van der Waals surface area contributed by atoms with Gasteiger partial charge >= 0.3 is 5.97 Å². The summed E-state index contributed by atoms with van der Waals surface area (Å²) in [6.45, 7) is 5.02. The minimum atomic E-state index is -0.449. The predicted octanol–water partition coefficient (Wildman–Crippen LogP) is 5.73. The Labute approximate surface area is 206 Å². The van der Waals surface area contributed by atoms with Crippen LogP contribution in [-0.4, -0.2) is 36.7 Å². The van der Waals surface area contributed by atoms with Gasteiger partial charge in [0, 0.05) is 15.8 Å². The Bertz CT molecular complexity index is 1430. The van der Waals surface area contributed by atoms with Crippen LogP contribution in [0, 0.1) is 0 Å². The van der Waals surface area contributed by atoms with Crippen molar-refractivity contribution in [1.82, 2.24) is 4.98 Å². The van der Waals surface area contributed by atoms with Gasteiger partial charge in [0.15, 0.2) is 11.5 Å². The zero-order valence-corrected chi connectivity index (χ0v) is 20.2. The van der Waals surface area contributed by atoms with Crippen LogP contribution in [0.5, 0.6) is 11.5 Å². The first-order valence-electron chi connectivity index (χ1n) is 11.5. The molecule has 0 aliphatic carbocycles. The summed E-state index contributed by atoms with van der Waals surface area (Å²) in [7, 11) is 0. The lowest BCUT2D eigenvalue weighted by molar-refractivity contribution is 0.0528. The highest BCUT2D eigenvalue weighted by Crippen LogP contribution is 2.36. The van der Waals surface area contributed by atoms with Crippen molar-refractivity contribution in [3.05, 3.63) is 70.6 Å². The SMILES string of the molecule is CCOC(=O)c1cc(CC)sc1NC(=O)c1cc(-c2ccc3c(c2)OCCO3)nc2ccccc12. The molecule has 8 heteroatoms. The van der Waals surface area contributed by atoms with E-state index in [1.807, 2.05) is 49.4 Å². The fourth-order valence-electron chi connectivity index (χ4n) is 3.95. The van der Waals surface area contributed by atoms with E-state index in [-0.39, 0.29) is 12.5 Å². The molecular weight excluding hydrogens is 464 g/mol. The van der Waals surface area contributed by atoms with Crippen LogP contribution >= 0.6 is 11.3 Å². The van der Waals surface area contributed by atoms with E-state index in [0.29, 0.717) is 52.1 Å². The van der Waals surface area contributed by atoms with E-state index in [9.17, 15) is 9.59 Å². The fourth-order valence-corrected chi connectivity index (χ4v) is 4.93. The van der Waals surface area contributed by atoms with Crippen LogP contribution in [-0.2, 0) is 11.2 Å². The summed E-state index contributed by atoms with van der Waals surface area (Å²) < 4.78 is 16.5. The average molecular weight is 489 g/mol. The highest BCUT2D eigenvalue weighted by Gasteiger charge is 2.21. The van der Waals surface area contributed by atoms with E-state index in [2.05, 4.69) is 5.32 Å². The molecule has 0 radical (unpaired) electrons. The number of amides is 1. The first-order valence-corrected chi connectivity index (χ1v) is 12.3. The van der Waals surface area contributed by atoms with Crippen molar-refractivity contribution in [3.8, 4) is 22.8 Å². The zero-order valence-electron chi connectivity index (χ0n) is 19.4. The number of hydrogen-bond donors (Lipinski definition) is 1. The monoisotopic (exact) mass is 488 g/mol. The normalized spacial score (nSPS) is 12.4. The van der Waals surface area contributed by atoms with Crippen molar-refractivity contribution in [2.45, 2.75) is 20.3 Å². The number of esters is 1. The maximum atomic E-state index is 13.5. The number of aromatic nitrogens is 1. The first-order chi connectivity index (χ1) is 17.1. The molecule has 0 saturated carbocycles. The molecule has 0 unspecified atom stereocenters. The lowest BCUT2D eigenvalue weighted by atomic mass is 10.0. The third-order valence-corrected chi connectivity index (χ3v) is 6.85. The lowest BCUT2D eigenvalue weighted by Crippen LogP contribution is -2.15. The van der Waals surface area contributed by atoms with Crippen molar-refractivity contribution in [3.63, 3.8) is 0 Å². The number of carbonyl (C=O) groups excluding carboxylic acids is 2. The second-order valence-electron chi connectivity index (χ2n) is 7.91. The van der Waals surface area contributed by atoms with Crippen LogP contribution < -0.4 is 14.8 Å². The number of rotatable bonds is 6. The number of nitrogens with one attached hydrogen (secondary N) is 1. The Balaban J connectivity index is 1.55. The number of ether oxygens (including phenoxy) is 3. The topological polar surface area (TPSA) is 86.8 Å². The molecule has 3 heterocycles. The summed E-state index contributed by atoms with van der Waals surface area (Å²) in [5.74, 6) is 0.571. The van der Waals surface area contributed by atoms with Gasteiger partial charge in [-0.1, -0.05) is 25.1 Å². The third-order valence-electron chi connectivity index (χ3n) is 5.65. The van der Waals surface area contributed by atoms with Crippen LogP contribution in [0.2, 0.25) is 0 Å². The fraction of sp³-hybridized carbons (Fsp3) is 0.222. The maximum Gasteiger partial charge on any atom is 0.341 e. The number of fused-ring (bicyclic) bond motifs is 2. The van der Waals surface area contributed by atoms with Gasteiger partial charge in [-0.15, -0.1) is 11.3 Å². The molecule has 7 nitrogen and oxygen atoms in total. The summed E-state index contributed by atoms with van der Waals surface area (Å²) in [6.07, 6.45) is 0.749. The third kappa shape index (κ3) is 4.57. The Kier molecular flexibility index (Phi) is 6.37. The van der Waals surface area contributed by atoms with Crippen LogP contribution in [0.3, 0.4) is 0 Å². The van der Waals surface area contributed by atoms with Gasteiger partial charge in [-0.3, -0.25) is 4.79 Å². The predicted molar refractivity (Wildman–Crippen MR) is 136 cm³/mol. The van der Waals surface area contributed by atoms with Crippen molar-refractivity contribution >= 4 is 39.1 Å². The van der Waals surface area contributed by atoms with Gasteiger partial charge in [-0.2, -0.15) is 0 Å². The molecule has 178 valence electrons. The molecule has 1 N–H and O–H groups in total. The van der Waals surface area contributed by atoms with Gasteiger partial charge in [-0.25, -0.2) is 9.78 Å². The smallest absolute Gasteiger partial charge is 0.341 e. The van der Waals surface area contributed by atoms with E-state index in [1.54, 1.807) is 19.1 Å². The van der Waals surface area contributed by atoms with E-state index in [1.165, 1.54) is 11.3 Å². The summed E-state index contributed by atoms with van der Waals surface area (Å²) in [5, 5.41) is 4.15. The van der Waals surface area contributed by atoms with Crippen LogP contribution in [0.1, 0.15) is 39.4 Å². The largest absolute Gasteiger partial charge is 0.486 e. The number of anilines is 1. The lowest BCUT2D eigenvalue weighted by Gasteiger charge is -2.19. The van der Waals surface area contributed by atoms with Crippen molar-refractivity contribution in [1.29, 1.82) is 0 Å². The van der Waals surface area contributed by atoms with E-state index < -0.39 is 5.97 Å². The van der Waals surface area contributed by atoms with Crippen LogP contribution in [0.15, 0.2) is 54.6 Å². The number of nitrogens with zero attached hydrogens (tertiary/aromatic N) is 1. The average Bonchev–Trinajstić information content (AvgIpc) is 3.30. The number of aryl methyl sites for hydroxylation is 1. The van der Waals surface area contributed by atoms with Crippen LogP contribution in [0.25, 0.3) is 22.2 Å². The van der Waals surface area contributed by atoms with Gasteiger partial charge in [0.25, 0.3) is 5.91 Å². The Hall–Kier alpha value is -3.91. The number of pyridine rings is 1. The molecule has 1 amide bonds. The Morgan fingerprint density at radius 1 is 1.00 bits per heavy atom. The Morgan fingerprint density at radius 2 is 1.80 bits per heavy atom. The maximum absolute atomic E-state index is 13.5. The summed E-state index contributed by atoms with van der Waals surface area (Å²) >= 11 is 1.38. The standard InChI is InChI=1S/C27H24N2O5S/c1-3-17-14-20(27(31)32-4-2)26(35-17)29-25(30)19-15-22(28-21-8-6-5-7-18(19)21)16-9-10-23-24(13-16)34-12-11-33-23/h5-10,13-15H,3-4,11-12H2,1-2H3,(H,29,30).